The lowest BCUT2D eigenvalue weighted by molar-refractivity contribution is -0.135. The predicted octanol–water partition coefficient (Wildman–Crippen LogP) is 3.81. The van der Waals surface area contributed by atoms with Gasteiger partial charge >= 0.3 is 0 Å². The summed E-state index contributed by atoms with van der Waals surface area (Å²) >= 11 is 0. The van der Waals surface area contributed by atoms with Crippen LogP contribution in [0.5, 0.6) is 0 Å². The standard InChI is InChI=1S/C18H36N2O/c1-5-17(6-2)20(13-14(3)4)18(21)11-15-7-9-16(12-19)10-8-15/h14-17H,5-13,19H2,1-4H3. The molecule has 0 radical (unpaired) electrons. The van der Waals surface area contributed by atoms with E-state index in [0.717, 1.165) is 32.4 Å². The van der Waals surface area contributed by atoms with Crippen LogP contribution in [0, 0.1) is 17.8 Å². The molecule has 0 atom stereocenters. The van der Waals surface area contributed by atoms with Gasteiger partial charge in [-0.1, -0.05) is 27.7 Å². The lowest BCUT2D eigenvalue weighted by Gasteiger charge is -2.34. The van der Waals surface area contributed by atoms with Crippen molar-refractivity contribution in [2.75, 3.05) is 13.1 Å². The molecule has 0 bridgehead atoms. The molecule has 2 N–H and O–H groups in total. The van der Waals surface area contributed by atoms with Crippen LogP contribution >= 0.6 is 0 Å². The number of nitrogens with zero attached hydrogens (tertiary/aromatic N) is 1. The van der Waals surface area contributed by atoms with E-state index in [2.05, 4.69) is 32.6 Å². The van der Waals surface area contributed by atoms with Gasteiger partial charge in [-0.3, -0.25) is 4.79 Å². The van der Waals surface area contributed by atoms with Crippen LogP contribution in [0.25, 0.3) is 0 Å². The highest BCUT2D eigenvalue weighted by Gasteiger charge is 2.27. The fourth-order valence-corrected chi connectivity index (χ4v) is 3.61. The first-order chi connectivity index (χ1) is 10.0. The third-order valence-corrected chi connectivity index (χ3v) is 5.03. The van der Waals surface area contributed by atoms with Gasteiger partial charge in [-0.2, -0.15) is 0 Å². The van der Waals surface area contributed by atoms with Gasteiger partial charge in [0.05, 0.1) is 0 Å². The van der Waals surface area contributed by atoms with Crippen molar-refractivity contribution in [1.29, 1.82) is 0 Å². The van der Waals surface area contributed by atoms with Crippen molar-refractivity contribution in [3.05, 3.63) is 0 Å². The van der Waals surface area contributed by atoms with Gasteiger partial charge in [0.15, 0.2) is 0 Å². The number of carbonyl (C=O) groups excluding carboxylic acids is 1. The molecular formula is C18H36N2O. The van der Waals surface area contributed by atoms with Crippen molar-refractivity contribution in [3.8, 4) is 0 Å². The molecule has 0 spiro atoms. The largest absolute Gasteiger partial charge is 0.339 e. The Bertz CT molecular complexity index is 292. The van der Waals surface area contributed by atoms with E-state index < -0.39 is 0 Å². The average Bonchev–Trinajstić information content (AvgIpc) is 2.47. The first kappa shape index (κ1) is 18.5. The summed E-state index contributed by atoms with van der Waals surface area (Å²) in [7, 11) is 0. The molecule has 124 valence electrons. The van der Waals surface area contributed by atoms with Crippen molar-refractivity contribution in [2.24, 2.45) is 23.5 Å². The Balaban J connectivity index is 2.56. The van der Waals surface area contributed by atoms with Crippen LogP contribution in [0.15, 0.2) is 0 Å². The number of rotatable bonds is 8. The zero-order valence-electron chi connectivity index (χ0n) is 14.6. The Hall–Kier alpha value is -0.570. The van der Waals surface area contributed by atoms with Crippen molar-refractivity contribution < 1.29 is 4.79 Å². The molecular weight excluding hydrogens is 260 g/mol. The molecule has 1 fully saturated rings. The normalized spacial score (nSPS) is 22.8. The second-order valence-electron chi connectivity index (χ2n) is 7.24. The highest BCUT2D eigenvalue weighted by molar-refractivity contribution is 5.76. The summed E-state index contributed by atoms with van der Waals surface area (Å²) in [6, 6.07) is 0.417. The monoisotopic (exact) mass is 296 g/mol. The molecule has 21 heavy (non-hydrogen) atoms. The van der Waals surface area contributed by atoms with Crippen LogP contribution in [0.2, 0.25) is 0 Å². The average molecular weight is 296 g/mol. The molecule has 0 unspecified atom stereocenters. The number of hydrogen-bond acceptors (Lipinski definition) is 2. The highest BCUT2D eigenvalue weighted by atomic mass is 16.2. The number of nitrogens with two attached hydrogens (primary N) is 1. The topological polar surface area (TPSA) is 46.3 Å². The second kappa shape index (κ2) is 9.45. The Kier molecular flexibility index (Phi) is 8.31. The molecule has 0 aromatic rings. The lowest BCUT2D eigenvalue weighted by Crippen LogP contribution is -2.43. The summed E-state index contributed by atoms with van der Waals surface area (Å²) in [6.45, 7) is 10.5. The number of hydrogen-bond donors (Lipinski definition) is 1. The number of amides is 1. The van der Waals surface area contributed by atoms with Gasteiger partial charge in [0.2, 0.25) is 5.91 Å². The summed E-state index contributed by atoms with van der Waals surface area (Å²) in [4.78, 5) is 14.9. The molecule has 1 aliphatic carbocycles. The molecule has 0 heterocycles. The van der Waals surface area contributed by atoms with Gasteiger partial charge in [-0.25, -0.2) is 0 Å². The summed E-state index contributed by atoms with van der Waals surface area (Å²) in [5.41, 5.74) is 5.75. The highest BCUT2D eigenvalue weighted by Crippen LogP contribution is 2.31. The van der Waals surface area contributed by atoms with Crippen LogP contribution in [-0.4, -0.2) is 29.9 Å². The van der Waals surface area contributed by atoms with E-state index in [1.807, 2.05) is 0 Å². The second-order valence-corrected chi connectivity index (χ2v) is 7.24. The van der Waals surface area contributed by atoms with Crippen LogP contribution < -0.4 is 5.73 Å². The quantitative estimate of drug-likeness (QED) is 0.740. The maximum Gasteiger partial charge on any atom is 0.223 e. The zero-order chi connectivity index (χ0) is 15.8. The maximum atomic E-state index is 12.8. The fourth-order valence-electron chi connectivity index (χ4n) is 3.61. The number of carbonyl (C=O) groups is 1. The predicted molar refractivity (Wildman–Crippen MR) is 90.0 cm³/mol. The minimum absolute atomic E-state index is 0.383. The van der Waals surface area contributed by atoms with Crippen LogP contribution in [0.3, 0.4) is 0 Å². The zero-order valence-corrected chi connectivity index (χ0v) is 14.6. The van der Waals surface area contributed by atoms with Gasteiger partial charge in [0.25, 0.3) is 0 Å². The smallest absolute Gasteiger partial charge is 0.223 e. The SMILES string of the molecule is CCC(CC)N(CC(C)C)C(=O)CC1CCC(CN)CC1. The third-order valence-electron chi connectivity index (χ3n) is 5.03. The molecule has 1 saturated carbocycles. The molecule has 1 amide bonds. The first-order valence-corrected chi connectivity index (χ1v) is 9.01. The Morgan fingerprint density at radius 3 is 2.05 bits per heavy atom. The molecule has 0 aromatic heterocycles. The Morgan fingerprint density at radius 1 is 1.10 bits per heavy atom. The van der Waals surface area contributed by atoms with Crippen molar-refractivity contribution >= 4 is 5.91 Å². The van der Waals surface area contributed by atoms with E-state index in [9.17, 15) is 4.79 Å². The van der Waals surface area contributed by atoms with Crippen LogP contribution in [0.4, 0.5) is 0 Å². The molecule has 3 nitrogen and oxygen atoms in total. The Morgan fingerprint density at radius 2 is 1.62 bits per heavy atom. The molecule has 0 aliphatic heterocycles. The first-order valence-electron chi connectivity index (χ1n) is 9.01. The van der Waals surface area contributed by atoms with Gasteiger partial charge in [0, 0.05) is 19.0 Å². The van der Waals surface area contributed by atoms with E-state index in [-0.39, 0.29) is 0 Å². The summed E-state index contributed by atoms with van der Waals surface area (Å²) < 4.78 is 0. The summed E-state index contributed by atoms with van der Waals surface area (Å²) in [5.74, 6) is 2.21. The maximum absolute atomic E-state index is 12.8. The van der Waals surface area contributed by atoms with E-state index >= 15 is 0 Å². The molecule has 3 heteroatoms. The van der Waals surface area contributed by atoms with E-state index in [1.165, 1.54) is 25.7 Å². The van der Waals surface area contributed by atoms with Crippen molar-refractivity contribution in [3.63, 3.8) is 0 Å². The van der Waals surface area contributed by atoms with E-state index in [4.69, 9.17) is 5.73 Å². The third kappa shape index (κ3) is 5.98. The van der Waals surface area contributed by atoms with Gasteiger partial charge < -0.3 is 10.6 Å². The van der Waals surface area contributed by atoms with Gasteiger partial charge in [-0.05, 0) is 62.8 Å². The molecule has 0 aromatic carbocycles. The minimum Gasteiger partial charge on any atom is -0.339 e. The van der Waals surface area contributed by atoms with E-state index in [0.29, 0.717) is 29.7 Å². The molecule has 1 rings (SSSR count). The van der Waals surface area contributed by atoms with Crippen molar-refractivity contribution in [2.45, 2.75) is 78.7 Å². The summed E-state index contributed by atoms with van der Waals surface area (Å²) in [6.07, 6.45) is 7.68. The summed E-state index contributed by atoms with van der Waals surface area (Å²) in [5, 5.41) is 0. The van der Waals surface area contributed by atoms with Gasteiger partial charge in [-0.15, -0.1) is 0 Å². The van der Waals surface area contributed by atoms with Crippen LogP contribution in [0.1, 0.15) is 72.6 Å². The van der Waals surface area contributed by atoms with Crippen molar-refractivity contribution in [1.82, 2.24) is 4.90 Å². The van der Waals surface area contributed by atoms with Gasteiger partial charge in [0.1, 0.15) is 0 Å². The Labute approximate surface area is 131 Å². The fraction of sp³-hybridized carbons (Fsp3) is 0.944. The van der Waals surface area contributed by atoms with E-state index in [1.54, 1.807) is 0 Å². The van der Waals surface area contributed by atoms with Crippen LogP contribution in [-0.2, 0) is 4.79 Å². The minimum atomic E-state index is 0.383. The molecule has 1 aliphatic rings. The lowest BCUT2D eigenvalue weighted by atomic mass is 9.80. The molecule has 0 saturated heterocycles.